The van der Waals surface area contributed by atoms with Gasteiger partial charge in [-0.2, -0.15) is 0 Å². The Morgan fingerprint density at radius 3 is 2.71 bits per heavy atom. The van der Waals surface area contributed by atoms with E-state index in [4.69, 9.17) is 11.6 Å². The lowest BCUT2D eigenvalue weighted by molar-refractivity contribution is 0.197. The molecule has 14 heavy (non-hydrogen) atoms. The molecule has 72 valence electrons. The zero-order valence-electron chi connectivity index (χ0n) is 7.39. The van der Waals surface area contributed by atoms with Crippen LogP contribution in [0.2, 0.25) is 0 Å². The van der Waals surface area contributed by atoms with Crippen LogP contribution >= 0.6 is 11.6 Å². The van der Waals surface area contributed by atoms with Gasteiger partial charge in [-0.1, -0.05) is 12.1 Å². The minimum Gasteiger partial charge on any atom is -0.385 e. The first-order valence-corrected chi connectivity index (χ1v) is 4.80. The number of halogens is 1. The van der Waals surface area contributed by atoms with Gasteiger partial charge in [-0.05, 0) is 12.1 Å². The van der Waals surface area contributed by atoms with E-state index in [0.717, 1.165) is 11.0 Å². The number of rotatable bonds is 2. The van der Waals surface area contributed by atoms with Crippen molar-refractivity contribution in [2.45, 2.75) is 6.10 Å². The molecule has 0 spiro atoms. The van der Waals surface area contributed by atoms with Crippen LogP contribution in [0.4, 0.5) is 0 Å². The van der Waals surface area contributed by atoms with Gasteiger partial charge in [0.1, 0.15) is 6.10 Å². The van der Waals surface area contributed by atoms with Gasteiger partial charge in [-0.3, -0.25) is 4.98 Å². The van der Waals surface area contributed by atoms with Crippen LogP contribution in [0, 0.1) is 0 Å². The molecule has 4 heteroatoms. The minimum atomic E-state index is -0.742. The molecule has 1 heterocycles. The molecule has 0 saturated carbocycles. The van der Waals surface area contributed by atoms with Crippen molar-refractivity contribution in [3.05, 3.63) is 36.2 Å². The number of aromatic nitrogens is 2. The predicted molar refractivity (Wildman–Crippen MR) is 55.2 cm³/mol. The van der Waals surface area contributed by atoms with Crippen LogP contribution in [0.1, 0.15) is 11.8 Å². The Hall–Kier alpha value is -1.19. The molecule has 1 aromatic carbocycles. The molecule has 0 aliphatic carbocycles. The first-order valence-electron chi connectivity index (χ1n) is 4.27. The Kier molecular flexibility index (Phi) is 2.61. The van der Waals surface area contributed by atoms with Crippen LogP contribution in [0.3, 0.4) is 0 Å². The summed E-state index contributed by atoms with van der Waals surface area (Å²) in [5.74, 6) is 0.132. The van der Waals surface area contributed by atoms with Crippen LogP contribution in [0.15, 0.2) is 30.5 Å². The first kappa shape index (κ1) is 9.37. The predicted octanol–water partition coefficient (Wildman–Crippen LogP) is 1.90. The standard InChI is InChI=1S/C10H9ClN2O/c11-5-10(14)9-6-12-7-3-1-2-4-8(7)13-9/h1-4,6,10,14H,5H2. The summed E-state index contributed by atoms with van der Waals surface area (Å²) < 4.78 is 0. The summed E-state index contributed by atoms with van der Waals surface area (Å²) in [4.78, 5) is 8.42. The van der Waals surface area contributed by atoms with E-state index in [1.54, 1.807) is 6.20 Å². The monoisotopic (exact) mass is 208 g/mol. The fraction of sp³-hybridized carbons (Fsp3) is 0.200. The number of benzene rings is 1. The second-order valence-corrected chi connectivity index (χ2v) is 3.26. The van der Waals surface area contributed by atoms with Gasteiger partial charge in [0, 0.05) is 0 Å². The average molecular weight is 209 g/mol. The molecule has 1 atom stereocenters. The van der Waals surface area contributed by atoms with Crippen molar-refractivity contribution in [2.75, 3.05) is 5.88 Å². The molecule has 1 aromatic heterocycles. The molecule has 0 radical (unpaired) electrons. The van der Waals surface area contributed by atoms with Crippen LogP contribution < -0.4 is 0 Å². The fourth-order valence-corrected chi connectivity index (χ4v) is 1.37. The third kappa shape index (κ3) is 1.69. The van der Waals surface area contributed by atoms with E-state index in [1.165, 1.54) is 0 Å². The summed E-state index contributed by atoms with van der Waals surface area (Å²) in [6.45, 7) is 0. The number of nitrogens with zero attached hydrogens (tertiary/aromatic N) is 2. The maximum Gasteiger partial charge on any atom is 0.111 e. The third-order valence-electron chi connectivity index (χ3n) is 1.95. The van der Waals surface area contributed by atoms with Crippen LogP contribution in [-0.2, 0) is 0 Å². The Balaban J connectivity index is 2.51. The Morgan fingerprint density at radius 2 is 2.00 bits per heavy atom. The van der Waals surface area contributed by atoms with Crippen LogP contribution in [0.25, 0.3) is 11.0 Å². The molecule has 3 nitrogen and oxygen atoms in total. The van der Waals surface area contributed by atoms with Gasteiger partial charge in [0.2, 0.25) is 0 Å². The zero-order valence-corrected chi connectivity index (χ0v) is 8.15. The number of hydrogen-bond donors (Lipinski definition) is 1. The van der Waals surface area contributed by atoms with Crippen LogP contribution in [0.5, 0.6) is 0 Å². The lowest BCUT2D eigenvalue weighted by Gasteiger charge is -2.05. The number of fused-ring (bicyclic) bond motifs is 1. The van der Waals surface area contributed by atoms with Gasteiger partial charge in [-0.25, -0.2) is 4.98 Å². The van der Waals surface area contributed by atoms with Gasteiger partial charge >= 0.3 is 0 Å². The molecular weight excluding hydrogens is 200 g/mol. The zero-order chi connectivity index (χ0) is 9.97. The van der Waals surface area contributed by atoms with Crippen molar-refractivity contribution in [1.82, 2.24) is 9.97 Å². The van der Waals surface area contributed by atoms with E-state index in [2.05, 4.69) is 9.97 Å². The minimum absolute atomic E-state index is 0.132. The largest absolute Gasteiger partial charge is 0.385 e. The summed E-state index contributed by atoms with van der Waals surface area (Å²) in [7, 11) is 0. The topological polar surface area (TPSA) is 46.0 Å². The quantitative estimate of drug-likeness (QED) is 0.767. The van der Waals surface area contributed by atoms with Gasteiger partial charge in [0.05, 0.1) is 28.8 Å². The van der Waals surface area contributed by atoms with Gasteiger partial charge in [0.15, 0.2) is 0 Å². The number of hydrogen-bond acceptors (Lipinski definition) is 3. The summed E-state index contributed by atoms with van der Waals surface area (Å²) in [6.07, 6.45) is 0.809. The molecule has 1 unspecified atom stereocenters. The van der Waals surface area contributed by atoms with Crippen molar-refractivity contribution in [3.63, 3.8) is 0 Å². The molecule has 0 amide bonds. The second kappa shape index (κ2) is 3.90. The van der Waals surface area contributed by atoms with Gasteiger partial charge < -0.3 is 5.11 Å². The maximum absolute atomic E-state index is 9.45. The normalized spacial score (nSPS) is 13.0. The van der Waals surface area contributed by atoms with E-state index >= 15 is 0 Å². The Morgan fingerprint density at radius 1 is 1.29 bits per heavy atom. The highest BCUT2D eigenvalue weighted by atomic mass is 35.5. The average Bonchev–Trinajstić information content (AvgIpc) is 2.27. The summed E-state index contributed by atoms with van der Waals surface area (Å²) in [6, 6.07) is 7.51. The SMILES string of the molecule is OC(CCl)c1cnc2ccccc2n1. The Bertz CT molecular complexity index is 447. The summed E-state index contributed by atoms with van der Waals surface area (Å²) >= 11 is 5.52. The summed E-state index contributed by atoms with van der Waals surface area (Å²) in [5.41, 5.74) is 2.10. The lowest BCUT2D eigenvalue weighted by Crippen LogP contribution is -2.02. The fourth-order valence-electron chi connectivity index (χ4n) is 1.21. The highest BCUT2D eigenvalue weighted by molar-refractivity contribution is 6.18. The molecule has 0 bridgehead atoms. The second-order valence-electron chi connectivity index (χ2n) is 2.95. The number of para-hydroxylation sites is 2. The van der Waals surface area contributed by atoms with Crippen molar-refractivity contribution >= 4 is 22.6 Å². The van der Waals surface area contributed by atoms with E-state index in [1.807, 2.05) is 24.3 Å². The first-order chi connectivity index (χ1) is 6.81. The molecule has 0 aliphatic heterocycles. The third-order valence-corrected chi connectivity index (χ3v) is 2.25. The van der Waals surface area contributed by atoms with Crippen molar-refractivity contribution in [1.29, 1.82) is 0 Å². The maximum atomic E-state index is 9.45. The van der Waals surface area contributed by atoms with E-state index in [0.29, 0.717) is 5.69 Å². The van der Waals surface area contributed by atoms with Gasteiger partial charge in [-0.15, -0.1) is 11.6 Å². The van der Waals surface area contributed by atoms with Crippen LogP contribution in [-0.4, -0.2) is 21.0 Å². The molecule has 2 rings (SSSR count). The van der Waals surface area contributed by atoms with Crippen molar-refractivity contribution in [3.8, 4) is 0 Å². The van der Waals surface area contributed by atoms with Gasteiger partial charge in [0.25, 0.3) is 0 Å². The smallest absolute Gasteiger partial charge is 0.111 e. The number of alkyl halides is 1. The van der Waals surface area contributed by atoms with E-state index < -0.39 is 6.10 Å². The van der Waals surface area contributed by atoms with E-state index in [-0.39, 0.29) is 5.88 Å². The number of aliphatic hydroxyl groups is 1. The molecule has 0 saturated heterocycles. The Labute approximate surface area is 86.4 Å². The number of aliphatic hydroxyl groups excluding tert-OH is 1. The highest BCUT2D eigenvalue weighted by Crippen LogP contribution is 2.14. The molecule has 1 N–H and O–H groups in total. The highest BCUT2D eigenvalue weighted by Gasteiger charge is 2.08. The van der Waals surface area contributed by atoms with E-state index in [9.17, 15) is 5.11 Å². The molecule has 0 fully saturated rings. The van der Waals surface area contributed by atoms with Crippen molar-refractivity contribution in [2.24, 2.45) is 0 Å². The lowest BCUT2D eigenvalue weighted by atomic mass is 10.2. The molecular formula is C10H9ClN2O. The van der Waals surface area contributed by atoms with Crippen molar-refractivity contribution < 1.29 is 5.11 Å². The molecule has 0 aliphatic rings. The summed E-state index contributed by atoms with van der Waals surface area (Å²) in [5, 5.41) is 9.45. The molecule has 2 aromatic rings.